The van der Waals surface area contributed by atoms with Gasteiger partial charge in [-0.15, -0.1) is 0 Å². The molecule has 0 atom stereocenters. The summed E-state index contributed by atoms with van der Waals surface area (Å²) >= 11 is 0. The van der Waals surface area contributed by atoms with E-state index in [0.29, 0.717) is 13.1 Å². The van der Waals surface area contributed by atoms with E-state index < -0.39 is 10.0 Å². The minimum atomic E-state index is -3.57. The zero-order valence-corrected chi connectivity index (χ0v) is 12.7. The SMILES string of the molecule is Cc1ccncc1CNS(=O)(=O)c1cnn(CCCN)c1. The maximum atomic E-state index is 12.2. The van der Waals surface area contributed by atoms with Crippen LogP contribution in [0.15, 0.2) is 35.7 Å². The lowest BCUT2D eigenvalue weighted by atomic mass is 10.2. The van der Waals surface area contributed by atoms with Crippen LogP contribution in [0.1, 0.15) is 17.5 Å². The van der Waals surface area contributed by atoms with Gasteiger partial charge in [0.05, 0.1) is 6.20 Å². The fourth-order valence-corrected chi connectivity index (χ4v) is 2.76. The predicted molar refractivity (Wildman–Crippen MR) is 78.9 cm³/mol. The van der Waals surface area contributed by atoms with Crippen molar-refractivity contribution >= 4 is 10.0 Å². The zero-order chi connectivity index (χ0) is 15.3. The Morgan fingerprint density at radius 1 is 1.38 bits per heavy atom. The summed E-state index contributed by atoms with van der Waals surface area (Å²) in [6, 6.07) is 1.84. The molecule has 0 aliphatic rings. The van der Waals surface area contributed by atoms with Gasteiger partial charge in [0.25, 0.3) is 0 Å². The van der Waals surface area contributed by atoms with E-state index in [4.69, 9.17) is 5.73 Å². The van der Waals surface area contributed by atoms with Gasteiger partial charge in [-0.05, 0) is 37.1 Å². The van der Waals surface area contributed by atoms with Crippen LogP contribution in [0, 0.1) is 6.92 Å². The maximum Gasteiger partial charge on any atom is 0.243 e. The second-order valence-corrected chi connectivity index (χ2v) is 6.48. The van der Waals surface area contributed by atoms with Crippen molar-refractivity contribution in [2.45, 2.75) is 31.3 Å². The van der Waals surface area contributed by atoms with E-state index >= 15 is 0 Å². The number of nitrogens with zero attached hydrogens (tertiary/aromatic N) is 3. The molecule has 0 radical (unpaired) electrons. The number of nitrogens with one attached hydrogen (secondary N) is 1. The van der Waals surface area contributed by atoms with Crippen molar-refractivity contribution in [3.63, 3.8) is 0 Å². The summed E-state index contributed by atoms with van der Waals surface area (Å²) in [5.74, 6) is 0. The van der Waals surface area contributed by atoms with E-state index in [1.807, 2.05) is 13.0 Å². The molecule has 2 aromatic heterocycles. The third-order valence-corrected chi connectivity index (χ3v) is 4.47. The number of rotatable bonds is 7. The van der Waals surface area contributed by atoms with Gasteiger partial charge in [0.15, 0.2) is 0 Å². The quantitative estimate of drug-likeness (QED) is 0.771. The molecule has 0 spiro atoms. The van der Waals surface area contributed by atoms with Crippen LogP contribution in [0.25, 0.3) is 0 Å². The molecule has 0 unspecified atom stereocenters. The number of pyridine rings is 1. The largest absolute Gasteiger partial charge is 0.330 e. The highest BCUT2D eigenvalue weighted by Gasteiger charge is 2.16. The number of nitrogens with two attached hydrogens (primary N) is 1. The van der Waals surface area contributed by atoms with Gasteiger partial charge in [0.1, 0.15) is 4.90 Å². The van der Waals surface area contributed by atoms with Gasteiger partial charge in [-0.2, -0.15) is 5.10 Å². The van der Waals surface area contributed by atoms with Gasteiger partial charge in [0, 0.05) is 31.7 Å². The van der Waals surface area contributed by atoms with Crippen molar-refractivity contribution in [3.05, 3.63) is 42.0 Å². The van der Waals surface area contributed by atoms with Gasteiger partial charge in [-0.1, -0.05) is 0 Å². The normalized spacial score (nSPS) is 11.7. The molecule has 2 aromatic rings. The van der Waals surface area contributed by atoms with Crippen molar-refractivity contribution in [2.24, 2.45) is 5.73 Å². The molecule has 114 valence electrons. The van der Waals surface area contributed by atoms with Crippen LogP contribution in [0.5, 0.6) is 0 Å². The van der Waals surface area contributed by atoms with Crippen LogP contribution >= 0.6 is 0 Å². The van der Waals surface area contributed by atoms with E-state index in [0.717, 1.165) is 17.5 Å². The van der Waals surface area contributed by atoms with E-state index in [2.05, 4.69) is 14.8 Å². The van der Waals surface area contributed by atoms with Crippen LogP contribution < -0.4 is 10.5 Å². The Labute approximate surface area is 124 Å². The topological polar surface area (TPSA) is 103 Å². The summed E-state index contributed by atoms with van der Waals surface area (Å²) in [7, 11) is -3.57. The fraction of sp³-hybridized carbons (Fsp3) is 0.385. The first-order valence-electron chi connectivity index (χ1n) is 6.64. The Kier molecular flexibility index (Phi) is 5.05. The van der Waals surface area contributed by atoms with Crippen LogP contribution in [0.4, 0.5) is 0 Å². The van der Waals surface area contributed by atoms with E-state index in [1.54, 1.807) is 17.1 Å². The third kappa shape index (κ3) is 4.10. The molecule has 0 aliphatic carbocycles. The Balaban J connectivity index is 2.05. The second kappa shape index (κ2) is 6.79. The van der Waals surface area contributed by atoms with E-state index in [9.17, 15) is 8.42 Å². The molecule has 0 saturated carbocycles. The second-order valence-electron chi connectivity index (χ2n) is 4.71. The Bertz CT molecular complexity index is 696. The predicted octanol–water partition coefficient (Wildman–Crippen LogP) is 0.414. The smallest absolute Gasteiger partial charge is 0.243 e. The standard InChI is InChI=1S/C13H19N5O2S/c1-11-3-5-15-7-12(11)8-17-21(19,20)13-9-16-18(10-13)6-2-4-14/h3,5,7,9-10,17H,2,4,6,8,14H2,1H3. The van der Waals surface area contributed by atoms with Crippen molar-refractivity contribution < 1.29 is 8.42 Å². The summed E-state index contributed by atoms with van der Waals surface area (Å²) < 4.78 is 28.5. The molecular weight excluding hydrogens is 290 g/mol. The summed E-state index contributed by atoms with van der Waals surface area (Å²) in [5, 5.41) is 4.02. The molecule has 0 saturated heterocycles. The van der Waals surface area contributed by atoms with Crippen molar-refractivity contribution in [2.75, 3.05) is 6.54 Å². The summed E-state index contributed by atoms with van der Waals surface area (Å²) in [6.07, 6.45) is 6.93. The number of aromatic nitrogens is 3. The lowest BCUT2D eigenvalue weighted by molar-refractivity contribution is 0.576. The highest BCUT2D eigenvalue weighted by atomic mass is 32.2. The zero-order valence-electron chi connectivity index (χ0n) is 11.9. The molecule has 21 heavy (non-hydrogen) atoms. The highest BCUT2D eigenvalue weighted by molar-refractivity contribution is 7.89. The van der Waals surface area contributed by atoms with Gasteiger partial charge < -0.3 is 5.73 Å². The third-order valence-electron chi connectivity index (χ3n) is 3.11. The molecule has 7 nitrogen and oxygen atoms in total. The fourth-order valence-electron chi connectivity index (χ4n) is 1.80. The first-order valence-corrected chi connectivity index (χ1v) is 8.13. The first kappa shape index (κ1) is 15.6. The lowest BCUT2D eigenvalue weighted by Gasteiger charge is -2.06. The van der Waals surface area contributed by atoms with Crippen molar-refractivity contribution in [1.82, 2.24) is 19.5 Å². The van der Waals surface area contributed by atoms with Crippen molar-refractivity contribution in [3.8, 4) is 0 Å². The first-order chi connectivity index (χ1) is 10.0. The van der Waals surface area contributed by atoms with Gasteiger partial charge in [-0.25, -0.2) is 13.1 Å². The van der Waals surface area contributed by atoms with Crippen LogP contribution in [0.3, 0.4) is 0 Å². The Morgan fingerprint density at radius 3 is 2.90 bits per heavy atom. The molecule has 0 amide bonds. The highest BCUT2D eigenvalue weighted by Crippen LogP contribution is 2.10. The van der Waals surface area contributed by atoms with Crippen LogP contribution in [-0.2, 0) is 23.1 Å². The number of aryl methyl sites for hydroxylation is 2. The molecule has 2 rings (SSSR count). The molecule has 0 aromatic carbocycles. The summed E-state index contributed by atoms with van der Waals surface area (Å²) in [5.41, 5.74) is 7.25. The van der Waals surface area contributed by atoms with E-state index in [1.165, 1.54) is 12.4 Å². The molecule has 0 fully saturated rings. The summed E-state index contributed by atoms with van der Waals surface area (Å²) in [6.45, 7) is 3.26. The molecule has 0 bridgehead atoms. The monoisotopic (exact) mass is 309 g/mol. The molecule has 3 N–H and O–H groups in total. The lowest BCUT2D eigenvalue weighted by Crippen LogP contribution is -2.23. The van der Waals surface area contributed by atoms with E-state index in [-0.39, 0.29) is 11.4 Å². The average molecular weight is 309 g/mol. The van der Waals surface area contributed by atoms with Gasteiger partial charge >= 0.3 is 0 Å². The van der Waals surface area contributed by atoms with Crippen molar-refractivity contribution in [1.29, 1.82) is 0 Å². The molecule has 0 aliphatic heterocycles. The average Bonchev–Trinajstić information content (AvgIpc) is 2.94. The molecule has 8 heteroatoms. The van der Waals surface area contributed by atoms with Crippen LogP contribution in [-0.4, -0.2) is 29.7 Å². The molecular formula is C13H19N5O2S. The summed E-state index contributed by atoms with van der Waals surface area (Å²) in [4.78, 5) is 4.15. The van der Waals surface area contributed by atoms with Gasteiger partial charge in [-0.3, -0.25) is 9.67 Å². The maximum absolute atomic E-state index is 12.2. The number of hydrogen-bond donors (Lipinski definition) is 2. The molecule has 2 heterocycles. The minimum Gasteiger partial charge on any atom is -0.330 e. The minimum absolute atomic E-state index is 0.154. The Hall–Kier alpha value is -1.77. The van der Waals surface area contributed by atoms with Crippen LogP contribution in [0.2, 0.25) is 0 Å². The number of hydrogen-bond acceptors (Lipinski definition) is 5. The number of sulfonamides is 1. The van der Waals surface area contributed by atoms with Gasteiger partial charge in [0.2, 0.25) is 10.0 Å². The Morgan fingerprint density at radius 2 is 2.19 bits per heavy atom.